The quantitative estimate of drug-likeness (QED) is 0.230. The van der Waals surface area contributed by atoms with Crippen molar-refractivity contribution in [2.75, 3.05) is 29.9 Å². The molecular weight excluding hydrogens is 507 g/mol. The highest BCUT2D eigenvalue weighted by Crippen LogP contribution is 2.27. The van der Waals surface area contributed by atoms with Crippen molar-refractivity contribution in [2.45, 2.75) is 33.4 Å². The number of ether oxygens (including phenoxy) is 1. The van der Waals surface area contributed by atoms with Gasteiger partial charge in [0.25, 0.3) is 5.95 Å². The normalized spacial score (nSPS) is 15.6. The number of benzene rings is 3. The second-order valence-corrected chi connectivity index (χ2v) is 10.2. The minimum absolute atomic E-state index is 0.0256. The molecule has 1 aromatic heterocycles. The fourth-order valence-corrected chi connectivity index (χ4v) is 4.61. The molecule has 8 nitrogen and oxygen atoms in total. The summed E-state index contributed by atoms with van der Waals surface area (Å²) in [7, 11) is 0. The molecule has 1 aliphatic heterocycles. The number of azo groups is 1. The molecule has 2 heterocycles. The molecule has 40 heavy (non-hydrogen) atoms. The molecule has 1 aliphatic rings. The number of aromatic hydroxyl groups is 1. The number of aromatic nitrogens is 2. The van der Waals surface area contributed by atoms with Crippen LogP contribution in [0.4, 0.5) is 27.5 Å². The average Bonchev–Trinajstić information content (AvgIpc) is 2.95. The number of nitrogens with one attached hydrogen (secondary N) is 1. The molecule has 206 valence electrons. The largest absolute Gasteiger partial charge is 0.508 e. The van der Waals surface area contributed by atoms with Crippen LogP contribution in [0.2, 0.25) is 0 Å². The van der Waals surface area contributed by atoms with Gasteiger partial charge >= 0.3 is 0 Å². The van der Waals surface area contributed by atoms with Gasteiger partial charge in [-0.05, 0) is 71.5 Å². The summed E-state index contributed by atoms with van der Waals surface area (Å²) in [6, 6.07) is 21.3. The Labute approximate surface area is 233 Å². The zero-order valence-electron chi connectivity index (χ0n) is 22.9. The van der Waals surface area contributed by atoms with Crippen LogP contribution in [0.25, 0.3) is 11.1 Å². The number of nitrogens with zero attached hydrogens (tertiary/aromatic N) is 5. The molecule has 3 aromatic carbocycles. The maximum absolute atomic E-state index is 14.5. The molecule has 1 saturated heterocycles. The summed E-state index contributed by atoms with van der Waals surface area (Å²) in [4.78, 5) is 10.2. The Morgan fingerprint density at radius 3 is 2.62 bits per heavy atom. The van der Waals surface area contributed by atoms with Crippen LogP contribution in [-0.4, -0.2) is 40.9 Å². The number of morpholine rings is 1. The molecule has 2 N–H and O–H groups in total. The van der Waals surface area contributed by atoms with Gasteiger partial charge in [-0.3, -0.25) is 0 Å². The van der Waals surface area contributed by atoms with Gasteiger partial charge in [0.1, 0.15) is 5.75 Å². The smallest absolute Gasteiger partial charge is 0.270 e. The van der Waals surface area contributed by atoms with Crippen molar-refractivity contribution in [3.05, 3.63) is 89.9 Å². The SMILES string of the molecule is Cc1cc(Nc2ccc(-c3cccc(O)c3)cc2)ccc1CN=Nc1ncc(F)c(N2CCOC(C(C)C)C2)n1. The zero-order chi connectivity index (χ0) is 28.1. The van der Waals surface area contributed by atoms with Gasteiger partial charge in [-0.1, -0.05) is 44.2 Å². The molecule has 9 heteroatoms. The summed E-state index contributed by atoms with van der Waals surface area (Å²) < 4.78 is 20.3. The average molecular weight is 541 g/mol. The lowest BCUT2D eigenvalue weighted by Gasteiger charge is -2.35. The summed E-state index contributed by atoms with van der Waals surface area (Å²) in [5, 5.41) is 21.6. The van der Waals surface area contributed by atoms with Gasteiger partial charge in [-0.15, -0.1) is 5.11 Å². The Morgan fingerprint density at radius 2 is 1.88 bits per heavy atom. The van der Waals surface area contributed by atoms with Crippen LogP contribution in [0, 0.1) is 18.7 Å². The maximum Gasteiger partial charge on any atom is 0.270 e. The van der Waals surface area contributed by atoms with E-state index >= 15 is 0 Å². The summed E-state index contributed by atoms with van der Waals surface area (Å²) in [5.74, 6) is 0.468. The Kier molecular flexibility index (Phi) is 8.31. The van der Waals surface area contributed by atoms with Crippen LogP contribution in [-0.2, 0) is 11.3 Å². The standard InChI is InChI=1S/C31H33FN6O2/c1-20(2)29-19-38(13-14-40-29)30-28(32)18-33-31(36-30)37-34-17-24-9-12-26(15-21(24)3)35-25-10-7-22(8-11-25)23-5-4-6-27(39)16-23/h4-12,15-16,18,20,29,35,39H,13-14,17,19H2,1-3H3. The number of rotatable bonds is 8. The third kappa shape index (κ3) is 6.60. The number of hydrogen-bond donors (Lipinski definition) is 2. The van der Waals surface area contributed by atoms with Gasteiger partial charge in [0.2, 0.25) is 0 Å². The molecule has 0 aliphatic carbocycles. The summed E-state index contributed by atoms with van der Waals surface area (Å²) in [6.07, 6.45) is 1.18. The van der Waals surface area contributed by atoms with Crippen LogP contribution in [0.3, 0.4) is 0 Å². The molecule has 0 saturated carbocycles. The third-order valence-electron chi connectivity index (χ3n) is 6.95. The Hall–Kier alpha value is -4.37. The fraction of sp³-hybridized carbons (Fsp3) is 0.290. The number of hydrogen-bond acceptors (Lipinski definition) is 8. The van der Waals surface area contributed by atoms with E-state index in [4.69, 9.17) is 4.74 Å². The van der Waals surface area contributed by atoms with Gasteiger partial charge in [0.15, 0.2) is 11.6 Å². The van der Waals surface area contributed by atoms with E-state index in [-0.39, 0.29) is 23.6 Å². The molecule has 0 bridgehead atoms. The van der Waals surface area contributed by atoms with Crippen molar-refractivity contribution >= 4 is 23.1 Å². The van der Waals surface area contributed by atoms with E-state index in [1.807, 2.05) is 60.4 Å². The molecule has 0 amide bonds. The summed E-state index contributed by atoms with van der Waals surface area (Å²) >= 11 is 0. The Morgan fingerprint density at radius 1 is 1.07 bits per heavy atom. The van der Waals surface area contributed by atoms with Crippen LogP contribution < -0.4 is 10.2 Å². The fourth-order valence-electron chi connectivity index (χ4n) is 4.61. The lowest BCUT2D eigenvalue weighted by Crippen LogP contribution is -2.45. The molecule has 0 radical (unpaired) electrons. The van der Waals surface area contributed by atoms with Crippen molar-refractivity contribution in [2.24, 2.45) is 16.1 Å². The van der Waals surface area contributed by atoms with Crippen LogP contribution in [0.5, 0.6) is 5.75 Å². The lowest BCUT2D eigenvalue weighted by molar-refractivity contribution is 0.0110. The number of aryl methyl sites for hydroxylation is 1. The first kappa shape index (κ1) is 27.2. The van der Waals surface area contributed by atoms with Crippen molar-refractivity contribution in [3.8, 4) is 16.9 Å². The first-order valence-corrected chi connectivity index (χ1v) is 13.4. The van der Waals surface area contributed by atoms with Crippen molar-refractivity contribution in [1.29, 1.82) is 0 Å². The number of phenolic OH excluding ortho intramolecular Hbond substituents is 1. The van der Waals surface area contributed by atoms with E-state index in [1.165, 1.54) is 0 Å². The topological polar surface area (TPSA) is 95.2 Å². The number of phenols is 1. The van der Waals surface area contributed by atoms with E-state index in [9.17, 15) is 9.50 Å². The monoisotopic (exact) mass is 540 g/mol. The van der Waals surface area contributed by atoms with Crippen molar-refractivity contribution in [3.63, 3.8) is 0 Å². The van der Waals surface area contributed by atoms with Gasteiger partial charge in [-0.2, -0.15) is 10.1 Å². The van der Waals surface area contributed by atoms with Gasteiger partial charge in [-0.25, -0.2) is 9.37 Å². The van der Waals surface area contributed by atoms with E-state index in [0.29, 0.717) is 32.2 Å². The molecule has 0 spiro atoms. The lowest BCUT2D eigenvalue weighted by atomic mass is 10.0. The van der Waals surface area contributed by atoms with Gasteiger partial charge in [0, 0.05) is 24.5 Å². The first-order valence-electron chi connectivity index (χ1n) is 13.4. The highest BCUT2D eigenvalue weighted by molar-refractivity contribution is 5.69. The van der Waals surface area contributed by atoms with Crippen LogP contribution in [0.1, 0.15) is 25.0 Å². The predicted octanol–water partition coefficient (Wildman–Crippen LogP) is 7.19. The Balaban J connectivity index is 1.21. The van der Waals surface area contributed by atoms with E-state index in [2.05, 4.69) is 45.4 Å². The molecule has 5 rings (SSSR count). The van der Waals surface area contributed by atoms with Crippen LogP contribution in [0.15, 0.2) is 83.2 Å². The Bertz CT molecular complexity index is 1490. The highest BCUT2D eigenvalue weighted by atomic mass is 19.1. The minimum Gasteiger partial charge on any atom is -0.508 e. The molecule has 1 unspecified atom stereocenters. The third-order valence-corrected chi connectivity index (χ3v) is 6.95. The summed E-state index contributed by atoms with van der Waals surface area (Å²) in [5.41, 5.74) is 5.99. The second kappa shape index (κ2) is 12.2. The van der Waals surface area contributed by atoms with E-state index < -0.39 is 5.82 Å². The van der Waals surface area contributed by atoms with E-state index in [0.717, 1.165) is 39.8 Å². The number of halogens is 1. The maximum atomic E-state index is 14.5. The van der Waals surface area contributed by atoms with Gasteiger partial charge in [0.05, 0.1) is 25.5 Å². The van der Waals surface area contributed by atoms with Crippen molar-refractivity contribution in [1.82, 2.24) is 9.97 Å². The zero-order valence-corrected chi connectivity index (χ0v) is 22.9. The molecular formula is C31H33FN6O2. The van der Waals surface area contributed by atoms with Gasteiger partial charge < -0.3 is 20.1 Å². The summed E-state index contributed by atoms with van der Waals surface area (Å²) in [6.45, 7) is 8.22. The highest BCUT2D eigenvalue weighted by Gasteiger charge is 2.26. The van der Waals surface area contributed by atoms with E-state index in [1.54, 1.807) is 12.1 Å². The predicted molar refractivity (Wildman–Crippen MR) is 155 cm³/mol. The second-order valence-electron chi connectivity index (χ2n) is 10.2. The minimum atomic E-state index is -0.476. The molecule has 1 fully saturated rings. The molecule has 4 aromatic rings. The first-order chi connectivity index (χ1) is 19.4. The molecule has 1 atom stereocenters. The number of anilines is 3. The van der Waals surface area contributed by atoms with Crippen molar-refractivity contribution < 1.29 is 14.2 Å². The van der Waals surface area contributed by atoms with Crippen LogP contribution >= 0.6 is 0 Å².